The molecule has 0 bridgehead atoms. The van der Waals surface area contributed by atoms with Gasteiger partial charge in [-0.15, -0.1) is 0 Å². The Bertz CT molecular complexity index is 277. The summed E-state index contributed by atoms with van der Waals surface area (Å²) in [6.07, 6.45) is 0.549. The number of carbonyl (C=O) groups excluding carboxylic acids is 1. The minimum absolute atomic E-state index is 0.253. The van der Waals surface area contributed by atoms with Crippen molar-refractivity contribution in [1.29, 1.82) is 0 Å². The summed E-state index contributed by atoms with van der Waals surface area (Å²) in [5, 5.41) is 0.253. The Hall–Kier alpha value is -1.29. The minimum atomic E-state index is -0.868. The van der Waals surface area contributed by atoms with E-state index in [9.17, 15) is 4.79 Å². The van der Waals surface area contributed by atoms with Crippen molar-refractivity contribution < 1.29 is 9.53 Å². The number of carbonyl (C=O) groups is 1. The van der Waals surface area contributed by atoms with Gasteiger partial charge in [0.15, 0.2) is 0 Å². The lowest BCUT2D eigenvalue weighted by Gasteiger charge is -1.98. The average Bonchev–Trinajstić information content (AvgIpc) is 1.85. The molecule has 1 rings (SSSR count). The monoisotopic (exact) mass is 172 g/mol. The Morgan fingerprint density at radius 2 is 2.45 bits per heavy atom. The van der Waals surface area contributed by atoms with Gasteiger partial charge in [-0.05, 0) is 6.07 Å². The number of ether oxygens (including phenoxy) is 1. The molecule has 58 valence electrons. The second-order valence-electron chi connectivity index (χ2n) is 1.74. The summed E-state index contributed by atoms with van der Waals surface area (Å²) in [5.74, 6) is 0.289. The zero-order chi connectivity index (χ0) is 8.27. The van der Waals surface area contributed by atoms with E-state index in [-0.39, 0.29) is 10.9 Å². The molecule has 0 saturated carbocycles. The van der Waals surface area contributed by atoms with Gasteiger partial charge in [0.2, 0.25) is 0 Å². The Labute approximate surface area is 67.9 Å². The van der Waals surface area contributed by atoms with Crippen molar-refractivity contribution in [1.82, 2.24) is 4.98 Å². The molecule has 11 heavy (non-hydrogen) atoms. The first-order valence-electron chi connectivity index (χ1n) is 2.77. The molecule has 1 aromatic rings. The van der Waals surface area contributed by atoms with Crippen LogP contribution >= 0.6 is 11.6 Å². The molecule has 4 nitrogen and oxygen atoms in total. The fourth-order valence-corrected chi connectivity index (χ4v) is 0.728. The number of primary amides is 1. The third-order valence-electron chi connectivity index (χ3n) is 0.916. The van der Waals surface area contributed by atoms with Gasteiger partial charge in [-0.1, -0.05) is 11.6 Å². The Morgan fingerprint density at radius 1 is 1.73 bits per heavy atom. The largest absolute Gasteiger partial charge is 0.410 e. The molecule has 0 aliphatic heterocycles. The topological polar surface area (TPSA) is 65.2 Å². The van der Waals surface area contributed by atoms with E-state index in [2.05, 4.69) is 9.72 Å². The van der Waals surface area contributed by atoms with Crippen molar-refractivity contribution >= 4 is 17.7 Å². The number of hydrogen-bond donors (Lipinski definition) is 1. The van der Waals surface area contributed by atoms with E-state index in [0.29, 0.717) is 0 Å². The second kappa shape index (κ2) is 3.21. The van der Waals surface area contributed by atoms with E-state index in [0.717, 1.165) is 0 Å². The quantitative estimate of drug-likeness (QED) is 0.648. The first-order chi connectivity index (χ1) is 5.18. The van der Waals surface area contributed by atoms with Crippen molar-refractivity contribution in [3.63, 3.8) is 0 Å². The molecule has 1 aromatic heterocycles. The first kappa shape index (κ1) is 7.81. The molecular weight excluding hydrogens is 168 g/mol. The van der Waals surface area contributed by atoms with Crippen LogP contribution in [0.15, 0.2) is 18.3 Å². The van der Waals surface area contributed by atoms with Crippen molar-refractivity contribution in [3.05, 3.63) is 23.5 Å². The lowest BCUT2D eigenvalue weighted by molar-refractivity contribution is 0.211. The highest BCUT2D eigenvalue weighted by Gasteiger charge is 1.98. The van der Waals surface area contributed by atoms with Crippen LogP contribution in [0, 0.1) is 0 Å². The van der Waals surface area contributed by atoms with Gasteiger partial charge >= 0.3 is 6.09 Å². The second-order valence-corrected chi connectivity index (χ2v) is 2.12. The summed E-state index contributed by atoms with van der Waals surface area (Å²) in [6, 6.07) is 2.88. The van der Waals surface area contributed by atoms with E-state index in [1.165, 1.54) is 18.3 Å². The van der Waals surface area contributed by atoms with Crippen LogP contribution < -0.4 is 10.5 Å². The van der Waals surface area contributed by atoms with Gasteiger partial charge in [-0.3, -0.25) is 0 Å². The molecule has 1 amide bonds. The summed E-state index contributed by atoms with van der Waals surface area (Å²) in [5.41, 5.74) is 4.75. The molecule has 0 fully saturated rings. The van der Waals surface area contributed by atoms with E-state index in [4.69, 9.17) is 17.3 Å². The van der Waals surface area contributed by atoms with Gasteiger partial charge in [0.25, 0.3) is 0 Å². The molecular formula is C6H5ClN2O2. The Balaban J connectivity index is 2.79. The molecule has 0 atom stereocenters. The molecule has 0 spiro atoms. The number of hydrogen-bond acceptors (Lipinski definition) is 3. The molecule has 0 aliphatic rings. The third-order valence-corrected chi connectivity index (χ3v) is 1.12. The van der Waals surface area contributed by atoms with Gasteiger partial charge < -0.3 is 10.5 Å². The lowest BCUT2D eigenvalue weighted by Crippen LogP contribution is -2.16. The molecule has 0 radical (unpaired) electrons. The molecule has 2 N–H and O–H groups in total. The highest BCUT2D eigenvalue weighted by Crippen LogP contribution is 2.13. The normalized spacial score (nSPS) is 9.18. The minimum Gasteiger partial charge on any atom is -0.410 e. The number of halogens is 1. The summed E-state index contributed by atoms with van der Waals surface area (Å²) < 4.78 is 4.51. The number of rotatable bonds is 1. The number of nitrogens with zero attached hydrogens (tertiary/aromatic N) is 1. The summed E-state index contributed by atoms with van der Waals surface area (Å²) >= 11 is 5.49. The Morgan fingerprint density at radius 3 is 3.00 bits per heavy atom. The zero-order valence-corrected chi connectivity index (χ0v) is 6.21. The van der Waals surface area contributed by atoms with Crippen molar-refractivity contribution in [2.45, 2.75) is 0 Å². The van der Waals surface area contributed by atoms with Gasteiger partial charge in [0.1, 0.15) is 10.9 Å². The highest BCUT2D eigenvalue weighted by atomic mass is 35.5. The SMILES string of the molecule is NC(=O)Oc1ccnc(Cl)c1. The maximum atomic E-state index is 10.2. The van der Waals surface area contributed by atoms with Crippen molar-refractivity contribution in [2.75, 3.05) is 0 Å². The van der Waals surface area contributed by atoms with Gasteiger partial charge in [0, 0.05) is 12.3 Å². The average molecular weight is 173 g/mol. The molecule has 0 aliphatic carbocycles. The van der Waals surface area contributed by atoms with Crippen LogP contribution in [0.4, 0.5) is 4.79 Å². The maximum Gasteiger partial charge on any atom is 0.409 e. The maximum absolute atomic E-state index is 10.2. The van der Waals surface area contributed by atoms with E-state index in [1.807, 2.05) is 0 Å². The fourth-order valence-electron chi connectivity index (χ4n) is 0.564. The zero-order valence-electron chi connectivity index (χ0n) is 5.45. The van der Waals surface area contributed by atoms with Crippen LogP contribution in [0.1, 0.15) is 0 Å². The van der Waals surface area contributed by atoms with Crippen LogP contribution in [0.2, 0.25) is 5.15 Å². The van der Waals surface area contributed by atoms with E-state index >= 15 is 0 Å². The van der Waals surface area contributed by atoms with Crippen LogP contribution in [-0.4, -0.2) is 11.1 Å². The summed E-state index contributed by atoms with van der Waals surface area (Å²) in [4.78, 5) is 13.9. The summed E-state index contributed by atoms with van der Waals surface area (Å²) in [7, 11) is 0. The smallest absolute Gasteiger partial charge is 0.409 e. The van der Waals surface area contributed by atoms with E-state index < -0.39 is 6.09 Å². The summed E-state index contributed by atoms with van der Waals surface area (Å²) in [6.45, 7) is 0. The molecule has 0 unspecified atom stereocenters. The molecule has 5 heteroatoms. The van der Waals surface area contributed by atoms with Crippen LogP contribution in [0.25, 0.3) is 0 Å². The lowest BCUT2D eigenvalue weighted by atomic mass is 10.5. The third kappa shape index (κ3) is 2.43. The predicted octanol–water partition coefficient (Wildman–Crippen LogP) is 1.19. The van der Waals surface area contributed by atoms with Crippen LogP contribution in [-0.2, 0) is 0 Å². The van der Waals surface area contributed by atoms with Crippen LogP contribution in [0.5, 0.6) is 5.75 Å². The van der Waals surface area contributed by atoms with Gasteiger partial charge in [-0.2, -0.15) is 0 Å². The van der Waals surface area contributed by atoms with Crippen LogP contribution in [0.3, 0.4) is 0 Å². The number of amides is 1. The van der Waals surface area contributed by atoms with Crippen molar-refractivity contribution in [3.8, 4) is 5.75 Å². The van der Waals surface area contributed by atoms with Gasteiger partial charge in [0.05, 0.1) is 0 Å². The predicted molar refractivity (Wildman–Crippen MR) is 39.5 cm³/mol. The molecule has 1 heterocycles. The standard InChI is InChI=1S/C6H5ClN2O2/c7-5-3-4(1-2-9-5)11-6(8)10/h1-3H,(H2,8,10). The van der Waals surface area contributed by atoms with Crippen molar-refractivity contribution in [2.24, 2.45) is 5.73 Å². The number of nitrogens with two attached hydrogens (primary N) is 1. The molecule has 0 saturated heterocycles. The van der Waals surface area contributed by atoms with Gasteiger partial charge in [-0.25, -0.2) is 9.78 Å². The molecule has 0 aromatic carbocycles. The highest BCUT2D eigenvalue weighted by molar-refractivity contribution is 6.29. The fraction of sp³-hybridized carbons (Fsp3) is 0. The first-order valence-corrected chi connectivity index (χ1v) is 3.15. The number of pyridine rings is 1. The Kier molecular flexibility index (Phi) is 2.28. The number of aromatic nitrogens is 1. The van der Waals surface area contributed by atoms with E-state index in [1.54, 1.807) is 0 Å².